The second-order valence-electron chi connectivity index (χ2n) is 4.91. The van der Waals surface area contributed by atoms with Gasteiger partial charge in [0.2, 0.25) is 0 Å². The summed E-state index contributed by atoms with van der Waals surface area (Å²) in [5.41, 5.74) is 3.59. The fourth-order valence-electron chi connectivity index (χ4n) is 1.93. The molecule has 6 heteroatoms. The number of carbonyl (C=O) groups is 1. The second-order valence-corrected chi connectivity index (χ2v) is 5.35. The lowest BCUT2D eigenvalue weighted by molar-refractivity contribution is -0.880. The van der Waals surface area contributed by atoms with E-state index in [-0.39, 0.29) is 12.5 Å². The van der Waals surface area contributed by atoms with Crippen molar-refractivity contribution >= 4 is 23.2 Å². The van der Waals surface area contributed by atoms with Crippen molar-refractivity contribution in [3.63, 3.8) is 0 Å². The van der Waals surface area contributed by atoms with Crippen LogP contribution in [0.4, 0.5) is 0 Å². The number of hydrogen-bond donors (Lipinski definition) is 2. The quantitative estimate of drug-likeness (QED) is 0.795. The van der Waals surface area contributed by atoms with Crippen molar-refractivity contribution in [3.8, 4) is 5.75 Å². The summed E-state index contributed by atoms with van der Waals surface area (Å²) < 4.78 is 5.34. The highest BCUT2D eigenvalue weighted by Crippen LogP contribution is 2.15. The maximum absolute atomic E-state index is 11.6. The summed E-state index contributed by atoms with van der Waals surface area (Å²) in [4.78, 5) is 13.1. The van der Waals surface area contributed by atoms with Crippen LogP contribution in [0.2, 0.25) is 5.02 Å². The molecule has 0 aliphatic carbocycles. The Labute approximate surface area is 123 Å². The monoisotopic (exact) mass is 296 g/mol. The standard InChI is InChI=1S/C14H18ClN3O2/c1-18-8-6-12(7-9-18)16-17-14(19)10-20-13-4-2-11(15)3-5-13/h2-5H,6-10H2,1H3,(H,17,19)/p+1. The first kappa shape index (κ1) is 14.8. The normalized spacial score (nSPS) is 18.5. The molecule has 20 heavy (non-hydrogen) atoms. The van der Waals surface area contributed by atoms with Gasteiger partial charge in [0.15, 0.2) is 6.61 Å². The molecule has 0 saturated carbocycles. The minimum atomic E-state index is -0.251. The van der Waals surface area contributed by atoms with Crippen LogP contribution in [0.25, 0.3) is 0 Å². The average molecular weight is 297 g/mol. The number of quaternary nitrogens is 1. The molecule has 2 rings (SSSR count). The molecule has 2 N–H and O–H groups in total. The van der Waals surface area contributed by atoms with Crippen LogP contribution in [0.3, 0.4) is 0 Å². The van der Waals surface area contributed by atoms with Gasteiger partial charge in [0, 0.05) is 23.6 Å². The number of hydrogen-bond acceptors (Lipinski definition) is 3. The number of amides is 1. The van der Waals surface area contributed by atoms with E-state index in [0.29, 0.717) is 10.8 Å². The largest absolute Gasteiger partial charge is 0.484 e. The van der Waals surface area contributed by atoms with Gasteiger partial charge >= 0.3 is 0 Å². The van der Waals surface area contributed by atoms with Gasteiger partial charge in [-0.05, 0) is 24.3 Å². The van der Waals surface area contributed by atoms with Crippen LogP contribution in [0.15, 0.2) is 29.4 Å². The third-order valence-electron chi connectivity index (χ3n) is 3.20. The number of likely N-dealkylation sites (tertiary alicyclic amines) is 1. The highest BCUT2D eigenvalue weighted by molar-refractivity contribution is 6.30. The molecule has 0 bridgehead atoms. The van der Waals surface area contributed by atoms with E-state index in [2.05, 4.69) is 17.6 Å². The summed E-state index contributed by atoms with van der Waals surface area (Å²) in [6, 6.07) is 6.88. The Hall–Kier alpha value is -1.59. The Kier molecular flexibility index (Phi) is 5.38. The molecule has 0 unspecified atom stereocenters. The first-order valence-corrected chi connectivity index (χ1v) is 7.05. The topological polar surface area (TPSA) is 55.1 Å². The predicted octanol–water partition coefficient (Wildman–Crippen LogP) is 0.500. The summed E-state index contributed by atoms with van der Waals surface area (Å²) in [5, 5.41) is 4.78. The zero-order chi connectivity index (χ0) is 14.4. The predicted molar refractivity (Wildman–Crippen MR) is 78.4 cm³/mol. The van der Waals surface area contributed by atoms with Crippen molar-refractivity contribution in [2.45, 2.75) is 12.8 Å². The molecule has 1 amide bonds. The average Bonchev–Trinajstić information content (AvgIpc) is 2.46. The van der Waals surface area contributed by atoms with Crippen molar-refractivity contribution in [3.05, 3.63) is 29.3 Å². The van der Waals surface area contributed by atoms with Crippen LogP contribution in [0.5, 0.6) is 5.75 Å². The van der Waals surface area contributed by atoms with E-state index >= 15 is 0 Å². The van der Waals surface area contributed by atoms with Gasteiger partial charge in [0.25, 0.3) is 5.91 Å². The van der Waals surface area contributed by atoms with Crippen molar-refractivity contribution in [2.24, 2.45) is 5.10 Å². The molecule has 1 saturated heterocycles. The lowest BCUT2D eigenvalue weighted by Crippen LogP contribution is -3.10. The zero-order valence-electron chi connectivity index (χ0n) is 11.5. The van der Waals surface area contributed by atoms with Crippen LogP contribution < -0.4 is 15.1 Å². The lowest BCUT2D eigenvalue weighted by atomic mass is 10.1. The molecule has 1 aliphatic rings. The highest BCUT2D eigenvalue weighted by Gasteiger charge is 2.14. The first-order valence-electron chi connectivity index (χ1n) is 6.67. The Morgan fingerprint density at radius 2 is 2.00 bits per heavy atom. The molecule has 1 aliphatic heterocycles. The van der Waals surface area contributed by atoms with Crippen molar-refractivity contribution in [1.29, 1.82) is 0 Å². The Morgan fingerprint density at radius 3 is 2.65 bits per heavy atom. The van der Waals surface area contributed by atoms with Crippen LogP contribution in [0, 0.1) is 0 Å². The molecule has 5 nitrogen and oxygen atoms in total. The molecule has 0 aromatic heterocycles. The van der Waals surface area contributed by atoms with Crippen molar-refractivity contribution in [2.75, 3.05) is 26.7 Å². The van der Waals surface area contributed by atoms with E-state index in [1.54, 1.807) is 24.3 Å². The number of carbonyl (C=O) groups excluding carboxylic acids is 1. The summed E-state index contributed by atoms with van der Waals surface area (Å²) in [5.74, 6) is 0.360. The van der Waals surface area contributed by atoms with Crippen LogP contribution >= 0.6 is 11.6 Å². The Bertz CT molecular complexity index is 478. The molecule has 1 fully saturated rings. The van der Waals surface area contributed by atoms with Gasteiger partial charge in [0.05, 0.1) is 20.1 Å². The highest BCUT2D eigenvalue weighted by atomic mass is 35.5. The van der Waals surface area contributed by atoms with E-state index in [0.717, 1.165) is 31.6 Å². The maximum atomic E-state index is 11.6. The van der Waals surface area contributed by atoms with E-state index in [9.17, 15) is 4.79 Å². The molecule has 1 aromatic rings. The molecule has 108 valence electrons. The minimum Gasteiger partial charge on any atom is -0.484 e. The van der Waals surface area contributed by atoms with E-state index in [1.165, 1.54) is 4.90 Å². The Balaban J connectivity index is 1.73. The van der Waals surface area contributed by atoms with E-state index < -0.39 is 0 Å². The third-order valence-corrected chi connectivity index (χ3v) is 3.45. The minimum absolute atomic E-state index is 0.0520. The van der Waals surface area contributed by atoms with Crippen molar-refractivity contribution in [1.82, 2.24) is 5.43 Å². The van der Waals surface area contributed by atoms with E-state index in [4.69, 9.17) is 16.3 Å². The number of rotatable bonds is 4. The number of nitrogens with one attached hydrogen (secondary N) is 2. The van der Waals surface area contributed by atoms with E-state index in [1.807, 2.05) is 0 Å². The van der Waals surface area contributed by atoms with Crippen LogP contribution in [0.1, 0.15) is 12.8 Å². The number of ether oxygens (including phenoxy) is 1. The summed E-state index contributed by atoms with van der Waals surface area (Å²) in [7, 11) is 2.16. The fraction of sp³-hybridized carbons (Fsp3) is 0.429. The SMILES string of the molecule is C[NH+]1CCC(=NNC(=O)COc2ccc(Cl)cc2)CC1. The molecular weight excluding hydrogens is 278 g/mol. The number of nitrogens with zero attached hydrogens (tertiary/aromatic N) is 1. The van der Waals surface area contributed by atoms with Gasteiger partial charge in [-0.25, -0.2) is 5.43 Å². The summed E-state index contributed by atoms with van der Waals surface area (Å²) in [6.45, 7) is 2.08. The molecule has 0 atom stereocenters. The van der Waals surface area contributed by atoms with Gasteiger partial charge in [-0.3, -0.25) is 4.79 Å². The molecule has 1 aromatic carbocycles. The van der Waals surface area contributed by atoms with Gasteiger partial charge in [-0.15, -0.1) is 0 Å². The number of piperidine rings is 1. The Morgan fingerprint density at radius 1 is 1.35 bits per heavy atom. The fourth-order valence-corrected chi connectivity index (χ4v) is 2.06. The number of benzene rings is 1. The first-order chi connectivity index (χ1) is 9.63. The molecule has 0 radical (unpaired) electrons. The summed E-state index contributed by atoms with van der Waals surface area (Å²) >= 11 is 5.77. The number of hydrazone groups is 1. The molecule has 0 spiro atoms. The van der Waals surface area contributed by atoms with Gasteiger partial charge in [-0.2, -0.15) is 5.10 Å². The smallest absolute Gasteiger partial charge is 0.277 e. The lowest BCUT2D eigenvalue weighted by Gasteiger charge is -2.20. The number of halogens is 1. The molecule has 1 heterocycles. The maximum Gasteiger partial charge on any atom is 0.277 e. The van der Waals surface area contributed by atoms with Gasteiger partial charge in [0.1, 0.15) is 5.75 Å². The van der Waals surface area contributed by atoms with Gasteiger partial charge < -0.3 is 9.64 Å². The van der Waals surface area contributed by atoms with Gasteiger partial charge in [-0.1, -0.05) is 11.6 Å². The summed E-state index contributed by atoms with van der Waals surface area (Å²) in [6.07, 6.45) is 1.87. The third kappa shape index (κ3) is 4.83. The van der Waals surface area contributed by atoms with Crippen molar-refractivity contribution < 1.29 is 14.4 Å². The molecular formula is C14H19ClN3O2+. The zero-order valence-corrected chi connectivity index (χ0v) is 12.2. The van der Waals surface area contributed by atoms with Crippen LogP contribution in [-0.4, -0.2) is 38.4 Å². The second kappa shape index (κ2) is 7.26. The van der Waals surface area contributed by atoms with Crippen LogP contribution in [-0.2, 0) is 4.79 Å².